The Bertz CT molecular complexity index is 298. The monoisotopic (exact) mass is 221 g/mol. The molecule has 1 aliphatic rings. The molecule has 1 aliphatic heterocycles. The van der Waals surface area contributed by atoms with Crippen molar-refractivity contribution in [2.45, 2.75) is 25.9 Å². The van der Waals surface area contributed by atoms with Crippen LogP contribution in [-0.2, 0) is 4.74 Å². The van der Waals surface area contributed by atoms with Gasteiger partial charge in [0.1, 0.15) is 0 Å². The number of piperidine rings is 1. The summed E-state index contributed by atoms with van der Waals surface area (Å²) in [6.45, 7) is 5.10. The van der Waals surface area contributed by atoms with Crippen LogP contribution in [0.15, 0.2) is 18.6 Å². The average Bonchev–Trinajstić information content (AvgIpc) is 2.38. The van der Waals surface area contributed by atoms with Crippen molar-refractivity contribution in [3.05, 3.63) is 24.3 Å². The number of nitrogens with zero attached hydrogens (tertiary/aromatic N) is 2. The molecule has 0 unspecified atom stereocenters. The normalized spacial score (nSPS) is 19.6. The number of hydrogen-bond acceptors (Lipinski definition) is 4. The smallest absolute Gasteiger partial charge is 0.0982 e. The van der Waals surface area contributed by atoms with Gasteiger partial charge in [0, 0.05) is 12.4 Å². The highest BCUT2D eigenvalue weighted by Gasteiger charge is 2.15. The number of hydrogen-bond donors (Lipinski definition) is 1. The first-order valence-corrected chi connectivity index (χ1v) is 5.94. The highest BCUT2D eigenvalue weighted by molar-refractivity contribution is 4.97. The molecule has 0 aromatic carbocycles. The molecule has 0 spiro atoms. The lowest BCUT2D eigenvalue weighted by molar-refractivity contribution is 0.0295. The zero-order chi connectivity index (χ0) is 11.2. The van der Waals surface area contributed by atoms with Crippen LogP contribution in [0.2, 0.25) is 0 Å². The fourth-order valence-electron chi connectivity index (χ4n) is 1.93. The minimum Gasteiger partial charge on any atom is -0.372 e. The summed E-state index contributed by atoms with van der Waals surface area (Å²) >= 11 is 0. The standard InChI is InChI=1S/C12H19N3O/c1-10(12-8-14-6-7-15-12)16-9-11-2-4-13-5-3-11/h6-8,10-11,13H,2-5,9H2,1H3/t10-/m0/s1. The van der Waals surface area contributed by atoms with E-state index in [-0.39, 0.29) is 6.10 Å². The molecule has 1 saturated heterocycles. The van der Waals surface area contributed by atoms with Gasteiger partial charge in [0.25, 0.3) is 0 Å². The molecule has 0 aliphatic carbocycles. The molecule has 4 heteroatoms. The van der Waals surface area contributed by atoms with Crippen molar-refractivity contribution >= 4 is 0 Å². The SMILES string of the molecule is C[C@H](OCC1CCNCC1)c1cnccn1. The Morgan fingerprint density at radius 1 is 1.44 bits per heavy atom. The average molecular weight is 221 g/mol. The van der Waals surface area contributed by atoms with E-state index in [1.165, 1.54) is 12.8 Å². The Morgan fingerprint density at radius 3 is 2.94 bits per heavy atom. The van der Waals surface area contributed by atoms with Gasteiger partial charge in [-0.3, -0.25) is 9.97 Å². The third-order valence-electron chi connectivity index (χ3n) is 3.04. The zero-order valence-electron chi connectivity index (χ0n) is 9.72. The van der Waals surface area contributed by atoms with Gasteiger partial charge in [0.2, 0.25) is 0 Å². The van der Waals surface area contributed by atoms with Crippen LogP contribution in [0.4, 0.5) is 0 Å². The van der Waals surface area contributed by atoms with Crippen molar-refractivity contribution in [1.29, 1.82) is 0 Å². The molecular weight excluding hydrogens is 202 g/mol. The van der Waals surface area contributed by atoms with Gasteiger partial charge >= 0.3 is 0 Å². The van der Waals surface area contributed by atoms with Crippen LogP contribution in [0.1, 0.15) is 31.6 Å². The molecule has 1 fully saturated rings. The van der Waals surface area contributed by atoms with Crippen LogP contribution in [0.3, 0.4) is 0 Å². The van der Waals surface area contributed by atoms with Gasteiger partial charge in [-0.15, -0.1) is 0 Å². The molecule has 0 saturated carbocycles. The lowest BCUT2D eigenvalue weighted by Gasteiger charge is -2.23. The van der Waals surface area contributed by atoms with Gasteiger partial charge in [0.15, 0.2) is 0 Å². The maximum Gasteiger partial charge on any atom is 0.0982 e. The van der Waals surface area contributed by atoms with Crippen molar-refractivity contribution in [2.75, 3.05) is 19.7 Å². The molecule has 1 N–H and O–H groups in total. The van der Waals surface area contributed by atoms with Crippen LogP contribution in [0, 0.1) is 5.92 Å². The molecule has 2 rings (SSSR count). The Kier molecular flexibility index (Phi) is 4.25. The fourth-order valence-corrected chi connectivity index (χ4v) is 1.93. The summed E-state index contributed by atoms with van der Waals surface area (Å²) in [5.74, 6) is 0.695. The van der Waals surface area contributed by atoms with E-state index in [0.29, 0.717) is 5.92 Å². The van der Waals surface area contributed by atoms with Crippen LogP contribution in [0.25, 0.3) is 0 Å². The Balaban J connectivity index is 1.77. The van der Waals surface area contributed by atoms with E-state index >= 15 is 0 Å². The summed E-state index contributed by atoms with van der Waals surface area (Å²) in [4.78, 5) is 8.29. The minimum atomic E-state index is 0.0450. The number of nitrogens with one attached hydrogen (secondary N) is 1. The van der Waals surface area contributed by atoms with Crippen molar-refractivity contribution < 1.29 is 4.74 Å². The molecule has 1 aromatic rings. The molecular formula is C12H19N3O. The first-order chi connectivity index (χ1) is 7.86. The van der Waals surface area contributed by atoms with Gasteiger partial charge in [-0.25, -0.2) is 0 Å². The van der Waals surface area contributed by atoms with Crippen molar-refractivity contribution in [2.24, 2.45) is 5.92 Å². The van der Waals surface area contributed by atoms with Gasteiger partial charge in [0.05, 0.1) is 24.6 Å². The third-order valence-corrected chi connectivity index (χ3v) is 3.04. The Hall–Kier alpha value is -1.00. The summed E-state index contributed by atoms with van der Waals surface area (Å²) in [6, 6.07) is 0. The molecule has 1 aromatic heterocycles. The van der Waals surface area contributed by atoms with E-state index in [0.717, 1.165) is 25.4 Å². The molecule has 0 bridgehead atoms. The summed E-state index contributed by atoms with van der Waals surface area (Å²) in [6.07, 6.45) is 7.64. The van der Waals surface area contributed by atoms with Gasteiger partial charge in [-0.05, 0) is 38.8 Å². The van der Waals surface area contributed by atoms with Gasteiger partial charge in [-0.2, -0.15) is 0 Å². The minimum absolute atomic E-state index is 0.0450. The first-order valence-electron chi connectivity index (χ1n) is 5.94. The quantitative estimate of drug-likeness (QED) is 0.838. The molecule has 1 atom stereocenters. The zero-order valence-corrected chi connectivity index (χ0v) is 9.72. The van der Waals surface area contributed by atoms with E-state index in [9.17, 15) is 0 Å². The number of ether oxygens (including phenoxy) is 1. The summed E-state index contributed by atoms with van der Waals surface area (Å²) in [5.41, 5.74) is 0.913. The van der Waals surface area contributed by atoms with E-state index in [4.69, 9.17) is 4.74 Å². The van der Waals surface area contributed by atoms with Crippen LogP contribution < -0.4 is 5.32 Å². The lowest BCUT2D eigenvalue weighted by Crippen LogP contribution is -2.30. The van der Waals surface area contributed by atoms with E-state index in [1.807, 2.05) is 6.92 Å². The fraction of sp³-hybridized carbons (Fsp3) is 0.667. The van der Waals surface area contributed by atoms with E-state index in [2.05, 4.69) is 15.3 Å². The second kappa shape index (κ2) is 5.92. The second-order valence-electron chi connectivity index (χ2n) is 4.30. The predicted molar refractivity (Wildman–Crippen MR) is 62.0 cm³/mol. The largest absolute Gasteiger partial charge is 0.372 e. The Morgan fingerprint density at radius 2 is 2.25 bits per heavy atom. The number of rotatable bonds is 4. The second-order valence-corrected chi connectivity index (χ2v) is 4.30. The van der Waals surface area contributed by atoms with E-state index < -0.39 is 0 Å². The third kappa shape index (κ3) is 3.25. The van der Waals surface area contributed by atoms with Crippen molar-refractivity contribution in [3.63, 3.8) is 0 Å². The van der Waals surface area contributed by atoms with Gasteiger partial charge < -0.3 is 10.1 Å². The van der Waals surface area contributed by atoms with Gasteiger partial charge in [-0.1, -0.05) is 0 Å². The van der Waals surface area contributed by atoms with Crippen LogP contribution in [-0.4, -0.2) is 29.7 Å². The molecule has 2 heterocycles. The maximum atomic E-state index is 5.84. The molecule has 16 heavy (non-hydrogen) atoms. The predicted octanol–water partition coefficient (Wildman–Crippen LogP) is 1.55. The van der Waals surface area contributed by atoms with Crippen LogP contribution in [0.5, 0.6) is 0 Å². The highest BCUT2D eigenvalue weighted by Crippen LogP contribution is 2.18. The summed E-state index contributed by atoms with van der Waals surface area (Å²) < 4.78 is 5.84. The molecule has 0 radical (unpaired) electrons. The highest BCUT2D eigenvalue weighted by atomic mass is 16.5. The first kappa shape index (κ1) is 11.5. The van der Waals surface area contributed by atoms with Crippen LogP contribution >= 0.6 is 0 Å². The summed E-state index contributed by atoms with van der Waals surface area (Å²) in [5, 5.41) is 3.36. The molecule has 4 nitrogen and oxygen atoms in total. The van der Waals surface area contributed by atoms with E-state index in [1.54, 1.807) is 18.6 Å². The van der Waals surface area contributed by atoms with Crippen molar-refractivity contribution in [1.82, 2.24) is 15.3 Å². The number of aromatic nitrogens is 2. The molecule has 0 amide bonds. The lowest BCUT2D eigenvalue weighted by atomic mass is 9.99. The maximum absolute atomic E-state index is 5.84. The summed E-state index contributed by atoms with van der Waals surface area (Å²) in [7, 11) is 0. The van der Waals surface area contributed by atoms with Crippen molar-refractivity contribution in [3.8, 4) is 0 Å². The topological polar surface area (TPSA) is 47.0 Å². The Labute approximate surface area is 96.4 Å². The molecule has 88 valence electrons.